The summed E-state index contributed by atoms with van der Waals surface area (Å²) in [5.74, 6) is -1.39. The number of ether oxygens (including phenoxy) is 1. The molecule has 33 heavy (non-hydrogen) atoms. The fourth-order valence-electron chi connectivity index (χ4n) is 3.41. The molecule has 0 radical (unpaired) electrons. The average Bonchev–Trinajstić information content (AvgIpc) is 3.25. The van der Waals surface area contributed by atoms with Gasteiger partial charge < -0.3 is 15.4 Å². The van der Waals surface area contributed by atoms with E-state index in [1.54, 1.807) is 6.20 Å². The number of alkyl halides is 3. The number of rotatable bonds is 5. The number of pyridine rings is 2. The van der Waals surface area contributed by atoms with E-state index in [1.807, 2.05) is 6.92 Å². The van der Waals surface area contributed by atoms with Crippen LogP contribution in [0.25, 0.3) is 5.82 Å². The zero-order chi connectivity index (χ0) is 23.6. The van der Waals surface area contributed by atoms with Gasteiger partial charge in [0, 0.05) is 18.8 Å². The first-order chi connectivity index (χ1) is 15.6. The van der Waals surface area contributed by atoms with E-state index in [2.05, 4.69) is 25.6 Å². The van der Waals surface area contributed by atoms with Crippen molar-refractivity contribution in [3.8, 4) is 5.82 Å². The molecule has 12 heteroatoms. The predicted molar refractivity (Wildman–Crippen MR) is 109 cm³/mol. The molecule has 174 valence electrons. The summed E-state index contributed by atoms with van der Waals surface area (Å²) in [5, 5.41) is 5.74. The van der Waals surface area contributed by atoms with Crippen molar-refractivity contribution in [3.63, 3.8) is 0 Å². The van der Waals surface area contributed by atoms with E-state index in [0.29, 0.717) is 25.5 Å². The normalized spacial score (nSPS) is 18.8. The van der Waals surface area contributed by atoms with Crippen LogP contribution in [0.3, 0.4) is 0 Å². The predicted octanol–water partition coefficient (Wildman–Crippen LogP) is 2.84. The number of hydrogen-bond acceptors (Lipinski definition) is 6. The maximum atomic E-state index is 14.7. The standard InChI is InChI=1S/C21H20F4N6O2/c1-20(11-33-6-5-28-20)17-10-31(12-27-17)19-15(22)7-14(9-26-19)30-18(32)8-13-3-2-4-16(29-13)21(23,24)25/h2-4,7,9-10,12,28H,5-6,8,11H2,1H3,(H,30,32). The molecule has 4 rings (SSSR count). The lowest BCUT2D eigenvalue weighted by Crippen LogP contribution is -2.49. The van der Waals surface area contributed by atoms with Crippen LogP contribution in [0.1, 0.15) is 24.0 Å². The summed E-state index contributed by atoms with van der Waals surface area (Å²) in [6.07, 6.45) is -0.699. The fourth-order valence-corrected chi connectivity index (χ4v) is 3.41. The SMILES string of the molecule is CC1(c2cn(-c3ncc(NC(=O)Cc4cccc(C(F)(F)F)n4)cc3F)cn2)COCCN1. The smallest absolute Gasteiger partial charge is 0.378 e. The molecule has 8 nitrogen and oxygen atoms in total. The molecular formula is C21H20F4N6O2. The molecule has 2 N–H and O–H groups in total. The van der Waals surface area contributed by atoms with Crippen LogP contribution in [-0.2, 0) is 27.7 Å². The van der Waals surface area contributed by atoms with Crippen LogP contribution in [-0.4, -0.2) is 45.2 Å². The molecule has 0 saturated carbocycles. The van der Waals surface area contributed by atoms with Gasteiger partial charge in [0.2, 0.25) is 5.91 Å². The number of nitrogens with one attached hydrogen (secondary N) is 2. The number of carbonyl (C=O) groups is 1. The summed E-state index contributed by atoms with van der Waals surface area (Å²) < 4.78 is 59.9. The second kappa shape index (κ2) is 8.87. The molecule has 3 aromatic heterocycles. The van der Waals surface area contributed by atoms with Crippen LogP contribution in [0.4, 0.5) is 23.2 Å². The van der Waals surface area contributed by atoms with Gasteiger partial charge in [0.05, 0.1) is 48.4 Å². The van der Waals surface area contributed by atoms with Gasteiger partial charge in [-0.2, -0.15) is 13.2 Å². The van der Waals surface area contributed by atoms with Crippen molar-refractivity contribution in [2.45, 2.75) is 25.1 Å². The highest BCUT2D eigenvalue weighted by molar-refractivity contribution is 5.91. The molecule has 3 aromatic rings. The molecule has 0 spiro atoms. The van der Waals surface area contributed by atoms with Gasteiger partial charge in [-0.05, 0) is 19.1 Å². The summed E-state index contributed by atoms with van der Waals surface area (Å²) in [7, 11) is 0. The fraction of sp³-hybridized carbons (Fsp3) is 0.333. The lowest BCUT2D eigenvalue weighted by molar-refractivity contribution is -0.141. The Morgan fingerprint density at radius 1 is 1.33 bits per heavy atom. The Morgan fingerprint density at radius 2 is 2.15 bits per heavy atom. The van der Waals surface area contributed by atoms with Crippen molar-refractivity contribution in [2.75, 3.05) is 25.1 Å². The quantitative estimate of drug-likeness (QED) is 0.564. The van der Waals surface area contributed by atoms with Crippen molar-refractivity contribution >= 4 is 11.6 Å². The van der Waals surface area contributed by atoms with Gasteiger partial charge in [0.15, 0.2) is 11.6 Å². The molecular weight excluding hydrogens is 444 g/mol. The van der Waals surface area contributed by atoms with Gasteiger partial charge in [0.1, 0.15) is 12.0 Å². The zero-order valence-corrected chi connectivity index (χ0v) is 17.5. The van der Waals surface area contributed by atoms with E-state index < -0.39 is 35.6 Å². The minimum absolute atomic E-state index is 0.0216. The number of aromatic nitrogens is 4. The highest BCUT2D eigenvalue weighted by Crippen LogP contribution is 2.27. The van der Waals surface area contributed by atoms with E-state index >= 15 is 0 Å². The lowest BCUT2D eigenvalue weighted by atomic mass is 9.99. The van der Waals surface area contributed by atoms with Crippen LogP contribution in [0, 0.1) is 5.82 Å². The lowest BCUT2D eigenvalue weighted by Gasteiger charge is -2.33. The van der Waals surface area contributed by atoms with Crippen molar-refractivity contribution in [3.05, 3.63) is 65.9 Å². The monoisotopic (exact) mass is 464 g/mol. The number of nitrogens with zero attached hydrogens (tertiary/aromatic N) is 4. The van der Waals surface area contributed by atoms with E-state index in [1.165, 1.54) is 29.2 Å². The van der Waals surface area contributed by atoms with Crippen molar-refractivity contribution < 1.29 is 27.1 Å². The highest BCUT2D eigenvalue weighted by atomic mass is 19.4. The topological polar surface area (TPSA) is 94.0 Å². The molecule has 1 unspecified atom stereocenters. The average molecular weight is 464 g/mol. The van der Waals surface area contributed by atoms with E-state index in [-0.39, 0.29) is 17.2 Å². The highest BCUT2D eigenvalue weighted by Gasteiger charge is 2.33. The first-order valence-corrected chi connectivity index (χ1v) is 10.0. The summed E-state index contributed by atoms with van der Waals surface area (Å²) in [4.78, 5) is 24.0. The first-order valence-electron chi connectivity index (χ1n) is 10.0. The molecule has 1 fully saturated rings. The van der Waals surface area contributed by atoms with E-state index in [4.69, 9.17) is 4.74 Å². The molecule has 0 aliphatic carbocycles. The third kappa shape index (κ3) is 5.17. The summed E-state index contributed by atoms with van der Waals surface area (Å²) in [6.45, 7) is 3.62. The number of carbonyl (C=O) groups excluding carboxylic acids is 1. The van der Waals surface area contributed by atoms with Crippen molar-refractivity contribution in [2.24, 2.45) is 0 Å². The molecule has 1 aliphatic rings. The number of morpholine rings is 1. The Morgan fingerprint density at radius 3 is 2.85 bits per heavy atom. The maximum Gasteiger partial charge on any atom is 0.433 e. The van der Waals surface area contributed by atoms with Gasteiger partial charge in [0.25, 0.3) is 0 Å². The maximum absolute atomic E-state index is 14.7. The van der Waals surface area contributed by atoms with Gasteiger partial charge in [-0.3, -0.25) is 9.36 Å². The summed E-state index contributed by atoms with van der Waals surface area (Å²) in [5.41, 5.74) is -0.941. The largest absolute Gasteiger partial charge is 0.433 e. The number of amides is 1. The Bertz CT molecular complexity index is 1160. The molecule has 1 aliphatic heterocycles. The van der Waals surface area contributed by atoms with E-state index in [0.717, 1.165) is 12.1 Å². The van der Waals surface area contributed by atoms with Crippen molar-refractivity contribution in [1.82, 2.24) is 24.8 Å². The number of hydrogen-bond donors (Lipinski definition) is 2. The van der Waals surface area contributed by atoms with Gasteiger partial charge in [-0.15, -0.1) is 0 Å². The Kier molecular flexibility index (Phi) is 6.13. The second-order valence-electron chi connectivity index (χ2n) is 7.74. The third-order valence-electron chi connectivity index (χ3n) is 5.09. The minimum Gasteiger partial charge on any atom is -0.378 e. The van der Waals surface area contributed by atoms with Crippen LogP contribution in [0.5, 0.6) is 0 Å². The van der Waals surface area contributed by atoms with Crippen LogP contribution in [0.15, 0.2) is 43.0 Å². The Balaban J connectivity index is 1.44. The van der Waals surface area contributed by atoms with Crippen LogP contribution in [0.2, 0.25) is 0 Å². The molecule has 1 amide bonds. The molecule has 0 aromatic carbocycles. The number of imidazole rings is 1. The Hall–Kier alpha value is -3.38. The second-order valence-corrected chi connectivity index (χ2v) is 7.74. The van der Waals surface area contributed by atoms with Gasteiger partial charge in [-0.25, -0.2) is 19.3 Å². The first kappa shape index (κ1) is 22.8. The Labute approximate surface area is 186 Å². The summed E-state index contributed by atoms with van der Waals surface area (Å²) >= 11 is 0. The van der Waals surface area contributed by atoms with Crippen LogP contribution < -0.4 is 10.6 Å². The van der Waals surface area contributed by atoms with Gasteiger partial charge in [-0.1, -0.05) is 6.07 Å². The number of anilines is 1. The van der Waals surface area contributed by atoms with Gasteiger partial charge >= 0.3 is 6.18 Å². The molecule has 0 bridgehead atoms. The number of halogens is 4. The third-order valence-corrected chi connectivity index (χ3v) is 5.09. The molecule has 1 atom stereocenters. The molecule has 4 heterocycles. The van der Waals surface area contributed by atoms with Crippen LogP contribution >= 0.6 is 0 Å². The minimum atomic E-state index is -4.61. The van der Waals surface area contributed by atoms with E-state index in [9.17, 15) is 22.4 Å². The zero-order valence-electron chi connectivity index (χ0n) is 17.5. The summed E-state index contributed by atoms with van der Waals surface area (Å²) in [6, 6.07) is 4.37. The molecule has 1 saturated heterocycles. The van der Waals surface area contributed by atoms with Crippen molar-refractivity contribution in [1.29, 1.82) is 0 Å².